The SMILES string of the molecule is O=Cc1ccc2ccc(I)cc2c1. The predicted octanol–water partition coefficient (Wildman–Crippen LogP) is 3.26. The normalized spacial score (nSPS) is 10.2. The van der Waals surface area contributed by atoms with Gasteiger partial charge in [-0.05, 0) is 51.6 Å². The molecule has 0 aliphatic heterocycles. The van der Waals surface area contributed by atoms with Crippen LogP contribution in [0.2, 0.25) is 0 Å². The highest BCUT2D eigenvalue weighted by Gasteiger charge is 1.95. The molecule has 0 aliphatic carbocycles. The summed E-state index contributed by atoms with van der Waals surface area (Å²) in [6.45, 7) is 0. The van der Waals surface area contributed by atoms with Crippen LogP contribution in [0, 0.1) is 3.57 Å². The molecule has 0 aliphatic rings. The Morgan fingerprint density at radius 3 is 2.54 bits per heavy atom. The molecule has 1 nitrogen and oxygen atoms in total. The van der Waals surface area contributed by atoms with Gasteiger partial charge in [0.2, 0.25) is 0 Å². The second-order valence-corrected chi connectivity index (χ2v) is 4.11. The Morgan fingerprint density at radius 2 is 1.77 bits per heavy atom. The van der Waals surface area contributed by atoms with Crippen LogP contribution in [0.3, 0.4) is 0 Å². The molecule has 0 aromatic heterocycles. The van der Waals surface area contributed by atoms with Crippen molar-refractivity contribution < 1.29 is 4.79 Å². The van der Waals surface area contributed by atoms with Gasteiger partial charge < -0.3 is 0 Å². The van der Waals surface area contributed by atoms with Gasteiger partial charge in [-0.3, -0.25) is 4.79 Å². The van der Waals surface area contributed by atoms with Crippen LogP contribution in [-0.4, -0.2) is 6.29 Å². The van der Waals surface area contributed by atoms with E-state index in [-0.39, 0.29) is 0 Å². The van der Waals surface area contributed by atoms with Gasteiger partial charge in [-0.25, -0.2) is 0 Å². The van der Waals surface area contributed by atoms with E-state index in [1.54, 1.807) is 0 Å². The van der Waals surface area contributed by atoms with Gasteiger partial charge >= 0.3 is 0 Å². The zero-order valence-electron chi connectivity index (χ0n) is 6.83. The number of halogens is 1. The second-order valence-electron chi connectivity index (χ2n) is 2.87. The van der Waals surface area contributed by atoms with E-state index < -0.39 is 0 Å². The minimum atomic E-state index is 0.731. The molecule has 0 unspecified atom stereocenters. The molecular formula is C11H7IO. The molecule has 2 rings (SSSR count). The van der Waals surface area contributed by atoms with Crippen LogP contribution < -0.4 is 0 Å². The summed E-state index contributed by atoms with van der Waals surface area (Å²) in [7, 11) is 0. The van der Waals surface area contributed by atoms with Gasteiger partial charge in [0.25, 0.3) is 0 Å². The van der Waals surface area contributed by atoms with Crippen molar-refractivity contribution in [3.8, 4) is 0 Å². The molecule has 64 valence electrons. The van der Waals surface area contributed by atoms with Crippen molar-refractivity contribution >= 4 is 39.6 Å². The summed E-state index contributed by atoms with van der Waals surface area (Å²) in [5, 5.41) is 2.29. The lowest BCUT2D eigenvalue weighted by Crippen LogP contribution is -1.80. The Bertz CT molecular complexity index is 463. The standard InChI is InChI=1S/C11H7IO/c12-11-4-3-9-2-1-8(7-13)5-10(9)6-11/h1-7H. The van der Waals surface area contributed by atoms with Crippen LogP contribution in [0.15, 0.2) is 36.4 Å². The zero-order chi connectivity index (χ0) is 9.26. The monoisotopic (exact) mass is 282 g/mol. The van der Waals surface area contributed by atoms with Crippen molar-refractivity contribution in [2.45, 2.75) is 0 Å². The molecule has 0 bridgehead atoms. The van der Waals surface area contributed by atoms with E-state index in [0.29, 0.717) is 0 Å². The fourth-order valence-electron chi connectivity index (χ4n) is 1.31. The highest BCUT2D eigenvalue weighted by atomic mass is 127. The van der Waals surface area contributed by atoms with E-state index in [1.165, 1.54) is 8.96 Å². The van der Waals surface area contributed by atoms with Gasteiger partial charge in [-0.15, -0.1) is 0 Å². The van der Waals surface area contributed by atoms with Gasteiger partial charge in [0, 0.05) is 9.13 Å². The average Bonchev–Trinajstić information content (AvgIpc) is 2.16. The highest BCUT2D eigenvalue weighted by molar-refractivity contribution is 14.1. The van der Waals surface area contributed by atoms with Crippen molar-refractivity contribution in [3.63, 3.8) is 0 Å². The Balaban J connectivity index is 2.74. The van der Waals surface area contributed by atoms with Crippen LogP contribution in [-0.2, 0) is 0 Å². The number of fused-ring (bicyclic) bond motifs is 1. The Labute approximate surface area is 89.9 Å². The predicted molar refractivity (Wildman–Crippen MR) is 62.1 cm³/mol. The van der Waals surface area contributed by atoms with E-state index in [2.05, 4.69) is 40.8 Å². The summed E-state index contributed by atoms with van der Waals surface area (Å²) in [5.41, 5.74) is 0.731. The van der Waals surface area contributed by atoms with E-state index >= 15 is 0 Å². The molecule has 0 fully saturated rings. The van der Waals surface area contributed by atoms with Crippen molar-refractivity contribution in [2.24, 2.45) is 0 Å². The third kappa shape index (κ3) is 1.72. The fourth-order valence-corrected chi connectivity index (χ4v) is 1.82. The summed E-state index contributed by atoms with van der Waals surface area (Å²) in [6.07, 6.45) is 0.874. The maximum Gasteiger partial charge on any atom is 0.150 e. The molecule has 2 aromatic rings. The first-order chi connectivity index (χ1) is 6.29. The first-order valence-corrected chi connectivity index (χ1v) is 5.02. The number of carbonyl (C=O) groups is 1. The molecule has 0 amide bonds. The summed E-state index contributed by atoms with van der Waals surface area (Å²) in [5.74, 6) is 0. The van der Waals surface area contributed by atoms with Crippen molar-refractivity contribution in [1.82, 2.24) is 0 Å². The summed E-state index contributed by atoms with van der Waals surface area (Å²) >= 11 is 2.26. The molecule has 0 spiro atoms. The zero-order valence-corrected chi connectivity index (χ0v) is 8.99. The third-order valence-corrected chi connectivity index (χ3v) is 2.63. The Morgan fingerprint density at radius 1 is 1.00 bits per heavy atom. The van der Waals surface area contributed by atoms with Crippen LogP contribution in [0.4, 0.5) is 0 Å². The quantitative estimate of drug-likeness (QED) is 0.579. The number of aldehydes is 1. The molecule has 2 aromatic carbocycles. The van der Waals surface area contributed by atoms with Crippen LogP contribution in [0.1, 0.15) is 10.4 Å². The van der Waals surface area contributed by atoms with E-state index in [0.717, 1.165) is 17.2 Å². The summed E-state index contributed by atoms with van der Waals surface area (Å²) in [4.78, 5) is 10.5. The lowest BCUT2D eigenvalue weighted by molar-refractivity contribution is 0.112. The molecule has 0 heterocycles. The molecule has 0 radical (unpaired) electrons. The molecule has 2 heteroatoms. The second kappa shape index (κ2) is 3.46. The van der Waals surface area contributed by atoms with Crippen molar-refractivity contribution in [2.75, 3.05) is 0 Å². The molecule has 0 saturated heterocycles. The number of hydrogen-bond acceptors (Lipinski definition) is 1. The smallest absolute Gasteiger partial charge is 0.150 e. The van der Waals surface area contributed by atoms with Gasteiger partial charge in [-0.1, -0.05) is 18.2 Å². The molecular weight excluding hydrogens is 275 g/mol. The molecule has 0 N–H and O–H groups in total. The van der Waals surface area contributed by atoms with Crippen molar-refractivity contribution in [3.05, 3.63) is 45.5 Å². The molecule has 0 saturated carbocycles. The lowest BCUT2D eigenvalue weighted by atomic mass is 10.1. The molecule has 0 atom stereocenters. The molecule has 13 heavy (non-hydrogen) atoms. The average molecular weight is 282 g/mol. The third-order valence-electron chi connectivity index (χ3n) is 1.96. The maximum atomic E-state index is 10.5. The Hall–Kier alpha value is -0.900. The number of hydrogen-bond donors (Lipinski definition) is 0. The summed E-state index contributed by atoms with van der Waals surface area (Å²) < 4.78 is 1.19. The van der Waals surface area contributed by atoms with E-state index in [9.17, 15) is 4.79 Å². The van der Waals surface area contributed by atoms with E-state index in [4.69, 9.17) is 0 Å². The minimum absolute atomic E-state index is 0.731. The van der Waals surface area contributed by atoms with E-state index in [1.807, 2.05) is 18.2 Å². The number of carbonyl (C=O) groups excluding carboxylic acids is 1. The Kier molecular flexibility index (Phi) is 2.31. The van der Waals surface area contributed by atoms with Crippen molar-refractivity contribution in [1.29, 1.82) is 0 Å². The largest absolute Gasteiger partial charge is 0.298 e. The first kappa shape index (κ1) is 8.69. The number of benzene rings is 2. The van der Waals surface area contributed by atoms with Gasteiger partial charge in [0.1, 0.15) is 6.29 Å². The first-order valence-electron chi connectivity index (χ1n) is 3.94. The fraction of sp³-hybridized carbons (Fsp3) is 0. The number of rotatable bonds is 1. The van der Waals surface area contributed by atoms with Gasteiger partial charge in [0.15, 0.2) is 0 Å². The van der Waals surface area contributed by atoms with Gasteiger partial charge in [0.05, 0.1) is 0 Å². The maximum absolute atomic E-state index is 10.5. The van der Waals surface area contributed by atoms with Crippen LogP contribution >= 0.6 is 22.6 Å². The van der Waals surface area contributed by atoms with Gasteiger partial charge in [-0.2, -0.15) is 0 Å². The van der Waals surface area contributed by atoms with Crippen LogP contribution in [0.5, 0.6) is 0 Å². The minimum Gasteiger partial charge on any atom is -0.298 e. The summed E-state index contributed by atoms with van der Waals surface area (Å²) in [6, 6.07) is 11.9. The van der Waals surface area contributed by atoms with Crippen LogP contribution in [0.25, 0.3) is 10.8 Å². The topological polar surface area (TPSA) is 17.1 Å². The lowest BCUT2D eigenvalue weighted by Gasteiger charge is -1.98. The highest BCUT2D eigenvalue weighted by Crippen LogP contribution is 2.18.